The highest BCUT2D eigenvalue weighted by Crippen LogP contribution is 2.25. The zero-order chi connectivity index (χ0) is 14.7. The van der Waals surface area contributed by atoms with E-state index in [-0.39, 0.29) is 6.04 Å². The quantitative estimate of drug-likeness (QED) is 0.787. The molecule has 4 nitrogen and oxygen atoms in total. The molecular weight excluding hydrogens is 280 g/mol. The summed E-state index contributed by atoms with van der Waals surface area (Å²) in [7, 11) is 3.93. The first-order chi connectivity index (χ1) is 10.3. The maximum Gasteiger partial charge on any atom is 0.141 e. The summed E-state index contributed by atoms with van der Waals surface area (Å²) in [5, 5.41) is 10.7. The van der Waals surface area contributed by atoms with E-state index in [0.717, 1.165) is 22.8 Å². The lowest BCUT2D eigenvalue weighted by Gasteiger charge is -2.15. The second-order valence-electron chi connectivity index (χ2n) is 4.94. The van der Waals surface area contributed by atoms with Crippen LogP contribution in [0.3, 0.4) is 0 Å². The molecule has 21 heavy (non-hydrogen) atoms. The molecule has 2 aromatic heterocycles. The van der Waals surface area contributed by atoms with Gasteiger partial charge < -0.3 is 5.32 Å². The normalized spacial score (nSPS) is 12.5. The number of benzene rings is 1. The molecule has 5 heteroatoms. The largest absolute Gasteiger partial charge is 0.313 e. The molecular formula is C16H18N4S. The summed E-state index contributed by atoms with van der Waals surface area (Å²) in [6, 6.07) is 12.8. The van der Waals surface area contributed by atoms with E-state index in [1.807, 2.05) is 30.9 Å². The smallest absolute Gasteiger partial charge is 0.141 e. The summed E-state index contributed by atoms with van der Waals surface area (Å²) in [4.78, 5) is 4.74. The molecule has 1 unspecified atom stereocenters. The van der Waals surface area contributed by atoms with Crippen molar-refractivity contribution in [3.8, 4) is 10.7 Å². The van der Waals surface area contributed by atoms with Crippen molar-refractivity contribution in [1.29, 1.82) is 0 Å². The maximum atomic E-state index is 4.74. The van der Waals surface area contributed by atoms with Crippen LogP contribution in [-0.2, 0) is 13.5 Å². The Kier molecular flexibility index (Phi) is 4.13. The predicted molar refractivity (Wildman–Crippen MR) is 86.3 cm³/mol. The number of thiazole rings is 1. The van der Waals surface area contributed by atoms with E-state index in [9.17, 15) is 0 Å². The molecule has 0 spiro atoms. The summed E-state index contributed by atoms with van der Waals surface area (Å²) in [5.74, 6) is 0. The van der Waals surface area contributed by atoms with Gasteiger partial charge in [0.25, 0.3) is 0 Å². The molecule has 0 bridgehead atoms. The van der Waals surface area contributed by atoms with Gasteiger partial charge in [0, 0.05) is 31.1 Å². The van der Waals surface area contributed by atoms with Crippen molar-refractivity contribution in [1.82, 2.24) is 20.1 Å². The van der Waals surface area contributed by atoms with Crippen molar-refractivity contribution in [2.24, 2.45) is 7.05 Å². The summed E-state index contributed by atoms with van der Waals surface area (Å²) in [5.41, 5.74) is 3.46. The van der Waals surface area contributed by atoms with Crippen molar-refractivity contribution in [3.05, 3.63) is 59.2 Å². The number of hydrogen-bond acceptors (Lipinski definition) is 4. The third kappa shape index (κ3) is 3.04. The fourth-order valence-corrected chi connectivity index (χ4v) is 3.27. The first-order valence-corrected chi connectivity index (χ1v) is 7.81. The Morgan fingerprint density at radius 1 is 1.24 bits per heavy atom. The molecule has 0 amide bonds. The maximum absolute atomic E-state index is 4.74. The minimum Gasteiger partial charge on any atom is -0.313 e. The summed E-state index contributed by atoms with van der Waals surface area (Å²) in [6.45, 7) is 0. The second-order valence-corrected chi connectivity index (χ2v) is 5.80. The van der Waals surface area contributed by atoms with E-state index in [1.54, 1.807) is 17.5 Å². The zero-order valence-electron chi connectivity index (χ0n) is 12.2. The Morgan fingerprint density at radius 2 is 2.05 bits per heavy atom. The Balaban J connectivity index is 1.79. The molecule has 1 N–H and O–H groups in total. The Hall–Kier alpha value is -1.98. The van der Waals surface area contributed by atoms with E-state index >= 15 is 0 Å². The Bertz CT molecular complexity index is 702. The lowest BCUT2D eigenvalue weighted by atomic mass is 10.0. The topological polar surface area (TPSA) is 42.7 Å². The van der Waals surface area contributed by atoms with Gasteiger partial charge in [0.05, 0.1) is 11.4 Å². The highest BCUT2D eigenvalue weighted by atomic mass is 32.1. The van der Waals surface area contributed by atoms with Crippen LogP contribution < -0.4 is 5.32 Å². The van der Waals surface area contributed by atoms with Gasteiger partial charge in [-0.05, 0) is 18.7 Å². The van der Waals surface area contributed by atoms with E-state index in [2.05, 4.69) is 40.1 Å². The average Bonchev–Trinajstić information content (AvgIpc) is 3.14. The monoisotopic (exact) mass is 298 g/mol. The van der Waals surface area contributed by atoms with Crippen molar-refractivity contribution in [2.45, 2.75) is 12.5 Å². The minimum absolute atomic E-state index is 0.285. The van der Waals surface area contributed by atoms with E-state index in [0.29, 0.717) is 0 Å². The zero-order valence-corrected chi connectivity index (χ0v) is 13.0. The van der Waals surface area contributed by atoms with Gasteiger partial charge in [-0.25, -0.2) is 4.98 Å². The SMILES string of the molecule is CNC(Cc1csc(-c2ccnn2C)n1)c1ccccc1. The molecule has 2 heterocycles. The molecule has 0 aliphatic carbocycles. The first-order valence-electron chi connectivity index (χ1n) is 6.93. The lowest BCUT2D eigenvalue weighted by molar-refractivity contribution is 0.586. The molecule has 0 fully saturated rings. The van der Waals surface area contributed by atoms with E-state index in [1.165, 1.54) is 5.56 Å². The van der Waals surface area contributed by atoms with Gasteiger partial charge in [0.1, 0.15) is 5.01 Å². The lowest BCUT2D eigenvalue weighted by Crippen LogP contribution is -2.18. The Labute approximate surface area is 128 Å². The van der Waals surface area contributed by atoms with E-state index < -0.39 is 0 Å². The first kappa shape index (κ1) is 14.0. The van der Waals surface area contributed by atoms with Crippen molar-refractivity contribution in [2.75, 3.05) is 7.05 Å². The standard InChI is InChI=1S/C16H18N4S/c1-17-14(12-6-4-3-5-7-12)10-13-11-21-16(19-13)15-8-9-18-20(15)2/h3-9,11,14,17H,10H2,1-2H3. The van der Waals surface area contributed by atoms with Crippen LogP contribution in [0.5, 0.6) is 0 Å². The Morgan fingerprint density at radius 3 is 2.71 bits per heavy atom. The molecule has 0 saturated heterocycles. The molecule has 1 aromatic carbocycles. The van der Waals surface area contributed by atoms with Crippen LogP contribution >= 0.6 is 11.3 Å². The van der Waals surface area contributed by atoms with Gasteiger partial charge in [-0.3, -0.25) is 4.68 Å². The van der Waals surface area contributed by atoms with Gasteiger partial charge in [-0.2, -0.15) is 5.10 Å². The second kappa shape index (κ2) is 6.20. The molecule has 0 aliphatic rings. The third-order valence-corrected chi connectivity index (χ3v) is 4.47. The van der Waals surface area contributed by atoms with Crippen LogP contribution in [0.4, 0.5) is 0 Å². The molecule has 0 aliphatic heterocycles. The highest BCUT2D eigenvalue weighted by molar-refractivity contribution is 7.13. The van der Waals surface area contributed by atoms with Gasteiger partial charge >= 0.3 is 0 Å². The fourth-order valence-electron chi connectivity index (χ4n) is 2.38. The van der Waals surface area contributed by atoms with Crippen LogP contribution in [0.2, 0.25) is 0 Å². The van der Waals surface area contributed by atoms with Crippen LogP contribution in [-0.4, -0.2) is 21.8 Å². The van der Waals surface area contributed by atoms with Crippen molar-refractivity contribution < 1.29 is 0 Å². The fraction of sp³-hybridized carbons (Fsp3) is 0.250. The number of nitrogens with zero attached hydrogens (tertiary/aromatic N) is 3. The molecule has 3 rings (SSSR count). The number of aryl methyl sites for hydroxylation is 1. The van der Waals surface area contributed by atoms with E-state index in [4.69, 9.17) is 4.98 Å². The molecule has 0 radical (unpaired) electrons. The number of rotatable bonds is 5. The van der Waals surface area contributed by atoms with Crippen LogP contribution in [0, 0.1) is 0 Å². The number of aromatic nitrogens is 3. The van der Waals surface area contributed by atoms with Crippen molar-refractivity contribution in [3.63, 3.8) is 0 Å². The van der Waals surface area contributed by atoms with Crippen molar-refractivity contribution >= 4 is 11.3 Å². The average molecular weight is 298 g/mol. The van der Waals surface area contributed by atoms with Crippen LogP contribution in [0.15, 0.2) is 48.0 Å². The summed E-state index contributed by atoms with van der Waals surface area (Å²) in [6.07, 6.45) is 2.69. The third-order valence-electron chi connectivity index (χ3n) is 3.56. The summed E-state index contributed by atoms with van der Waals surface area (Å²) < 4.78 is 1.86. The van der Waals surface area contributed by atoms with Gasteiger partial charge in [0.15, 0.2) is 0 Å². The summed E-state index contributed by atoms with van der Waals surface area (Å²) >= 11 is 1.67. The minimum atomic E-state index is 0.285. The van der Waals surface area contributed by atoms with Crippen LogP contribution in [0.25, 0.3) is 10.7 Å². The van der Waals surface area contributed by atoms with Crippen LogP contribution in [0.1, 0.15) is 17.3 Å². The van der Waals surface area contributed by atoms with Gasteiger partial charge in [0.2, 0.25) is 0 Å². The molecule has 108 valence electrons. The molecule has 1 atom stereocenters. The predicted octanol–water partition coefficient (Wildman–Crippen LogP) is 3.05. The number of nitrogens with one attached hydrogen (secondary N) is 1. The molecule has 0 saturated carbocycles. The molecule has 3 aromatic rings. The highest BCUT2D eigenvalue weighted by Gasteiger charge is 2.13. The number of likely N-dealkylation sites (N-methyl/N-ethyl adjacent to an activating group) is 1. The van der Waals surface area contributed by atoms with Gasteiger partial charge in [-0.1, -0.05) is 30.3 Å². The van der Waals surface area contributed by atoms with Gasteiger partial charge in [-0.15, -0.1) is 11.3 Å². The number of hydrogen-bond donors (Lipinski definition) is 1.